The SMILES string of the molecule is N#Cc1cccc(C(=O)N2CC3(C[C@@H](CCOc4ccccn4)CCO3)C2)c1. The third-order valence-corrected chi connectivity index (χ3v) is 5.49. The topological polar surface area (TPSA) is 75.5 Å². The molecule has 2 aliphatic rings. The largest absolute Gasteiger partial charge is 0.478 e. The van der Waals surface area contributed by atoms with Crippen LogP contribution < -0.4 is 4.74 Å². The van der Waals surface area contributed by atoms with Crippen LogP contribution in [-0.2, 0) is 4.74 Å². The second kappa shape index (κ2) is 7.99. The maximum absolute atomic E-state index is 12.7. The fraction of sp³-hybridized carbons (Fsp3) is 0.409. The van der Waals surface area contributed by atoms with Gasteiger partial charge in [-0.05, 0) is 49.4 Å². The van der Waals surface area contributed by atoms with E-state index in [1.807, 2.05) is 23.1 Å². The number of aromatic nitrogens is 1. The van der Waals surface area contributed by atoms with Gasteiger partial charge in [0.05, 0.1) is 31.3 Å². The third-order valence-electron chi connectivity index (χ3n) is 5.49. The van der Waals surface area contributed by atoms with Crippen molar-refractivity contribution in [2.45, 2.75) is 24.9 Å². The molecule has 4 rings (SSSR count). The monoisotopic (exact) mass is 377 g/mol. The summed E-state index contributed by atoms with van der Waals surface area (Å²) >= 11 is 0. The number of hydrogen-bond acceptors (Lipinski definition) is 5. The van der Waals surface area contributed by atoms with Gasteiger partial charge < -0.3 is 14.4 Å². The zero-order chi connectivity index (χ0) is 19.4. The summed E-state index contributed by atoms with van der Waals surface area (Å²) in [5.74, 6) is 1.15. The van der Waals surface area contributed by atoms with Crippen LogP contribution in [0.25, 0.3) is 0 Å². The molecule has 2 aromatic rings. The Morgan fingerprint density at radius 2 is 2.21 bits per heavy atom. The van der Waals surface area contributed by atoms with Crippen LogP contribution in [0.5, 0.6) is 5.88 Å². The molecule has 0 N–H and O–H groups in total. The van der Waals surface area contributed by atoms with Crippen LogP contribution >= 0.6 is 0 Å². The molecule has 6 heteroatoms. The highest BCUT2D eigenvalue weighted by molar-refractivity contribution is 5.95. The Balaban J connectivity index is 1.28. The van der Waals surface area contributed by atoms with Crippen molar-refractivity contribution < 1.29 is 14.3 Å². The number of pyridine rings is 1. The molecule has 0 bridgehead atoms. The van der Waals surface area contributed by atoms with Crippen molar-refractivity contribution in [3.63, 3.8) is 0 Å². The number of nitrogens with zero attached hydrogens (tertiary/aromatic N) is 3. The van der Waals surface area contributed by atoms with Crippen molar-refractivity contribution in [3.8, 4) is 11.9 Å². The lowest BCUT2D eigenvalue weighted by atomic mass is 9.79. The first-order chi connectivity index (χ1) is 13.7. The number of likely N-dealkylation sites (tertiary alicyclic amines) is 1. The van der Waals surface area contributed by atoms with E-state index in [0.717, 1.165) is 25.9 Å². The molecule has 0 saturated carbocycles. The molecular weight excluding hydrogens is 354 g/mol. The van der Waals surface area contributed by atoms with Gasteiger partial charge in [-0.25, -0.2) is 4.98 Å². The summed E-state index contributed by atoms with van der Waals surface area (Å²) in [4.78, 5) is 18.7. The van der Waals surface area contributed by atoms with Gasteiger partial charge in [-0.2, -0.15) is 5.26 Å². The van der Waals surface area contributed by atoms with Gasteiger partial charge in [0.15, 0.2) is 0 Å². The quantitative estimate of drug-likeness (QED) is 0.801. The van der Waals surface area contributed by atoms with Crippen molar-refractivity contribution in [2.24, 2.45) is 5.92 Å². The number of ether oxygens (including phenoxy) is 2. The van der Waals surface area contributed by atoms with E-state index >= 15 is 0 Å². The minimum absolute atomic E-state index is 0.0352. The average Bonchev–Trinajstić information content (AvgIpc) is 2.72. The minimum atomic E-state index is -0.226. The number of amides is 1. The lowest BCUT2D eigenvalue weighted by Gasteiger charge is -2.53. The molecule has 6 nitrogen and oxygen atoms in total. The van der Waals surface area contributed by atoms with E-state index in [1.165, 1.54) is 0 Å². The first-order valence-electron chi connectivity index (χ1n) is 9.65. The van der Waals surface area contributed by atoms with Gasteiger partial charge >= 0.3 is 0 Å². The molecule has 144 valence electrons. The molecule has 28 heavy (non-hydrogen) atoms. The molecule has 1 amide bonds. The molecule has 3 heterocycles. The summed E-state index contributed by atoms with van der Waals surface area (Å²) in [5, 5.41) is 9.02. The Morgan fingerprint density at radius 3 is 3.00 bits per heavy atom. The second-order valence-corrected chi connectivity index (χ2v) is 7.55. The fourth-order valence-electron chi connectivity index (χ4n) is 4.06. The van der Waals surface area contributed by atoms with Gasteiger partial charge in [-0.1, -0.05) is 12.1 Å². The van der Waals surface area contributed by atoms with Crippen LogP contribution in [0.2, 0.25) is 0 Å². The Morgan fingerprint density at radius 1 is 1.32 bits per heavy atom. The van der Waals surface area contributed by atoms with Crippen molar-refractivity contribution in [1.82, 2.24) is 9.88 Å². The molecule has 2 aliphatic heterocycles. The van der Waals surface area contributed by atoms with Crippen LogP contribution in [0.1, 0.15) is 35.2 Å². The smallest absolute Gasteiger partial charge is 0.254 e. The van der Waals surface area contributed by atoms with E-state index in [2.05, 4.69) is 11.1 Å². The van der Waals surface area contributed by atoms with E-state index in [-0.39, 0.29) is 11.5 Å². The normalized spacial score (nSPS) is 20.2. The summed E-state index contributed by atoms with van der Waals surface area (Å²) < 4.78 is 11.8. The van der Waals surface area contributed by atoms with E-state index in [1.54, 1.807) is 30.5 Å². The second-order valence-electron chi connectivity index (χ2n) is 7.55. The van der Waals surface area contributed by atoms with Crippen LogP contribution in [0, 0.1) is 17.2 Å². The molecule has 2 fully saturated rings. The number of rotatable bonds is 5. The molecule has 0 radical (unpaired) electrons. The highest BCUT2D eigenvalue weighted by Gasteiger charge is 2.49. The average molecular weight is 377 g/mol. The van der Waals surface area contributed by atoms with Crippen LogP contribution in [0.3, 0.4) is 0 Å². The van der Waals surface area contributed by atoms with Gasteiger partial charge in [0.2, 0.25) is 5.88 Å². The highest BCUT2D eigenvalue weighted by atomic mass is 16.5. The molecule has 0 unspecified atom stereocenters. The lowest BCUT2D eigenvalue weighted by molar-refractivity contribution is -0.166. The van der Waals surface area contributed by atoms with E-state index in [4.69, 9.17) is 14.7 Å². The highest BCUT2D eigenvalue weighted by Crippen LogP contribution is 2.38. The summed E-state index contributed by atoms with van der Waals surface area (Å²) in [5.41, 5.74) is 0.837. The Kier molecular flexibility index (Phi) is 5.27. The summed E-state index contributed by atoms with van der Waals surface area (Å²) in [6, 6.07) is 14.6. The molecule has 1 aromatic heterocycles. The van der Waals surface area contributed by atoms with Gasteiger partial charge in [0, 0.05) is 24.4 Å². The molecule has 1 atom stereocenters. The Labute approximate surface area is 164 Å². The number of carbonyl (C=O) groups is 1. The lowest BCUT2D eigenvalue weighted by Crippen LogP contribution is -2.66. The fourth-order valence-corrected chi connectivity index (χ4v) is 4.06. The van der Waals surface area contributed by atoms with E-state index in [0.29, 0.717) is 42.6 Å². The van der Waals surface area contributed by atoms with Crippen LogP contribution in [0.15, 0.2) is 48.7 Å². The van der Waals surface area contributed by atoms with Gasteiger partial charge in [0.25, 0.3) is 5.91 Å². The predicted molar refractivity (Wildman–Crippen MR) is 103 cm³/mol. The number of carbonyl (C=O) groups excluding carboxylic acids is 1. The van der Waals surface area contributed by atoms with Gasteiger partial charge in [-0.3, -0.25) is 4.79 Å². The Hall–Kier alpha value is -2.91. The first kappa shape index (κ1) is 18.5. The van der Waals surface area contributed by atoms with E-state index < -0.39 is 0 Å². The van der Waals surface area contributed by atoms with Gasteiger partial charge in [-0.15, -0.1) is 0 Å². The number of nitriles is 1. The molecule has 2 saturated heterocycles. The van der Waals surface area contributed by atoms with Crippen LogP contribution in [-0.4, -0.2) is 47.7 Å². The first-order valence-corrected chi connectivity index (χ1v) is 9.65. The molecular formula is C22H23N3O3. The molecule has 1 aromatic carbocycles. The maximum atomic E-state index is 12.7. The van der Waals surface area contributed by atoms with Crippen LogP contribution in [0.4, 0.5) is 0 Å². The van der Waals surface area contributed by atoms with Gasteiger partial charge in [0.1, 0.15) is 5.60 Å². The predicted octanol–water partition coefficient (Wildman–Crippen LogP) is 3.04. The minimum Gasteiger partial charge on any atom is -0.478 e. The van der Waals surface area contributed by atoms with Crippen molar-refractivity contribution in [2.75, 3.05) is 26.3 Å². The van der Waals surface area contributed by atoms with E-state index in [9.17, 15) is 4.79 Å². The summed E-state index contributed by atoms with van der Waals surface area (Å²) in [6.07, 6.45) is 4.65. The zero-order valence-corrected chi connectivity index (χ0v) is 15.7. The number of hydrogen-bond donors (Lipinski definition) is 0. The summed E-state index contributed by atoms with van der Waals surface area (Å²) in [7, 11) is 0. The maximum Gasteiger partial charge on any atom is 0.254 e. The van der Waals surface area contributed by atoms with Crippen molar-refractivity contribution >= 4 is 5.91 Å². The summed E-state index contributed by atoms with van der Waals surface area (Å²) in [6.45, 7) is 2.59. The molecule has 0 aliphatic carbocycles. The number of benzene rings is 1. The van der Waals surface area contributed by atoms with Crippen molar-refractivity contribution in [1.29, 1.82) is 5.26 Å². The zero-order valence-electron chi connectivity index (χ0n) is 15.7. The Bertz CT molecular complexity index is 872. The molecule has 1 spiro atoms. The standard InChI is InChI=1S/C22H23N3O3/c23-14-18-4-3-5-19(12-18)21(26)25-15-22(16-25)13-17(8-11-28-22)7-10-27-20-6-1-2-9-24-20/h1-6,9,12,17H,7-8,10-11,13,15-16H2/t17-/m0/s1. The third kappa shape index (κ3) is 4.00. The van der Waals surface area contributed by atoms with Crippen molar-refractivity contribution in [3.05, 3.63) is 59.8 Å².